The van der Waals surface area contributed by atoms with Gasteiger partial charge in [-0.1, -0.05) is 6.07 Å². The van der Waals surface area contributed by atoms with Gasteiger partial charge in [-0.25, -0.2) is 0 Å². The third-order valence-corrected chi connectivity index (χ3v) is 5.12. The summed E-state index contributed by atoms with van der Waals surface area (Å²) in [4.78, 5) is 6.72. The maximum absolute atomic E-state index is 5.46. The number of rotatable bonds is 4. The standard InChI is InChI=1S/C21H25N3O4.HI/c1-22-21(23-11-14-4-5-17-20(8-14)28-13-27-17)24-7-6-15-9-18(25-2)19(26-3)10-16(15)12-24;/h4-5,8-10H,6-7,11-13H2,1-3H3,(H,22,23);1H. The summed E-state index contributed by atoms with van der Waals surface area (Å²) in [6.45, 7) is 2.62. The molecule has 0 saturated carbocycles. The molecule has 0 aliphatic carbocycles. The third-order valence-electron chi connectivity index (χ3n) is 5.12. The van der Waals surface area contributed by atoms with Crippen LogP contribution in [0.3, 0.4) is 0 Å². The minimum absolute atomic E-state index is 0. The summed E-state index contributed by atoms with van der Waals surface area (Å²) < 4.78 is 21.7. The monoisotopic (exact) mass is 511 g/mol. The first-order chi connectivity index (χ1) is 13.7. The maximum atomic E-state index is 5.46. The molecule has 4 rings (SSSR count). The lowest BCUT2D eigenvalue weighted by Gasteiger charge is -2.32. The number of fused-ring (bicyclic) bond motifs is 2. The Bertz CT molecular complexity index is 904. The Kier molecular flexibility index (Phi) is 6.94. The van der Waals surface area contributed by atoms with Crippen LogP contribution in [-0.4, -0.2) is 45.5 Å². The smallest absolute Gasteiger partial charge is 0.231 e. The number of guanidine groups is 1. The first-order valence-electron chi connectivity index (χ1n) is 9.29. The summed E-state index contributed by atoms with van der Waals surface area (Å²) in [5, 5.41) is 3.45. The molecule has 0 spiro atoms. The van der Waals surface area contributed by atoms with Gasteiger partial charge in [0.1, 0.15) is 0 Å². The fourth-order valence-corrected chi connectivity index (χ4v) is 3.63. The van der Waals surface area contributed by atoms with Crippen molar-refractivity contribution in [1.82, 2.24) is 10.2 Å². The predicted octanol–water partition coefficient (Wildman–Crippen LogP) is 3.18. The van der Waals surface area contributed by atoms with Gasteiger partial charge < -0.3 is 29.2 Å². The lowest BCUT2D eigenvalue weighted by molar-refractivity contribution is 0.174. The van der Waals surface area contributed by atoms with Crippen LogP contribution in [-0.2, 0) is 19.5 Å². The van der Waals surface area contributed by atoms with Gasteiger partial charge in [0.05, 0.1) is 14.2 Å². The highest BCUT2D eigenvalue weighted by atomic mass is 127. The second-order valence-electron chi connectivity index (χ2n) is 6.74. The van der Waals surface area contributed by atoms with E-state index in [2.05, 4.69) is 27.3 Å². The van der Waals surface area contributed by atoms with Gasteiger partial charge in [0.2, 0.25) is 6.79 Å². The van der Waals surface area contributed by atoms with Crippen molar-refractivity contribution in [3.63, 3.8) is 0 Å². The van der Waals surface area contributed by atoms with Gasteiger partial charge in [0, 0.05) is 26.7 Å². The number of methoxy groups -OCH3 is 2. The molecule has 0 atom stereocenters. The van der Waals surface area contributed by atoms with Gasteiger partial charge in [0.15, 0.2) is 29.0 Å². The quantitative estimate of drug-likeness (QED) is 0.387. The number of hydrogen-bond donors (Lipinski definition) is 1. The Labute approximate surface area is 188 Å². The summed E-state index contributed by atoms with van der Waals surface area (Å²) in [6, 6.07) is 10.1. The molecule has 0 fully saturated rings. The van der Waals surface area contributed by atoms with Gasteiger partial charge >= 0.3 is 0 Å². The molecule has 8 heteroatoms. The number of benzene rings is 2. The first kappa shape index (κ1) is 21.4. The molecule has 156 valence electrons. The third kappa shape index (κ3) is 4.47. The van der Waals surface area contributed by atoms with E-state index in [9.17, 15) is 0 Å². The van der Waals surface area contributed by atoms with E-state index >= 15 is 0 Å². The number of nitrogens with zero attached hydrogens (tertiary/aromatic N) is 2. The van der Waals surface area contributed by atoms with Crippen molar-refractivity contribution in [2.75, 3.05) is 34.6 Å². The van der Waals surface area contributed by atoms with Gasteiger partial charge in [-0.3, -0.25) is 4.99 Å². The van der Waals surface area contributed by atoms with Gasteiger partial charge in [0.25, 0.3) is 0 Å². The highest BCUT2D eigenvalue weighted by Crippen LogP contribution is 2.34. The molecule has 0 amide bonds. The summed E-state index contributed by atoms with van der Waals surface area (Å²) in [5.74, 6) is 4.00. The molecule has 0 aromatic heterocycles. The second-order valence-corrected chi connectivity index (χ2v) is 6.74. The van der Waals surface area contributed by atoms with E-state index in [1.807, 2.05) is 25.2 Å². The van der Waals surface area contributed by atoms with Crippen molar-refractivity contribution in [2.24, 2.45) is 4.99 Å². The molecule has 2 aromatic rings. The van der Waals surface area contributed by atoms with E-state index in [4.69, 9.17) is 18.9 Å². The SMILES string of the molecule is CN=C(NCc1ccc2c(c1)OCO2)N1CCc2cc(OC)c(OC)cc2C1.I. The maximum Gasteiger partial charge on any atom is 0.231 e. The van der Waals surface area contributed by atoms with Crippen LogP contribution < -0.4 is 24.3 Å². The van der Waals surface area contributed by atoms with E-state index in [0.717, 1.165) is 54.0 Å². The molecular weight excluding hydrogens is 485 g/mol. The molecule has 29 heavy (non-hydrogen) atoms. The normalized spacial score (nSPS) is 14.7. The number of aliphatic imine (C=N–C) groups is 1. The first-order valence-corrected chi connectivity index (χ1v) is 9.29. The van der Waals surface area contributed by atoms with Crippen LogP contribution >= 0.6 is 24.0 Å². The Morgan fingerprint density at radius 2 is 1.79 bits per heavy atom. The minimum Gasteiger partial charge on any atom is -0.493 e. The predicted molar refractivity (Wildman–Crippen MR) is 122 cm³/mol. The van der Waals surface area contributed by atoms with Gasteiger partial charge in [-0.15, -0.1) is 24.0 Å². The number of halogens is 1. The van der Waals surface area contributed by atoms with E-state index in [0.29, 0.717) is 6.54 Å². The van der Waals surface area contributed by atoms with Crippen molar-refractivity contribution >= 4 is 29.9 Å². The van der Waals surface area contributed by atoms with Crippen molar-refractivity contribution in [1.29, 1.82) is 0 Å². The van der Waals surface area contributed by atoms with E-state index in [-0.39, 0.29) is 30.8 Å². The van der Waals surface area contributed by atoms with E-state index in [1.165, 1.54) is 11.1 Å². The van der Waals surface area contributed by atoms with E-state index in [1.54, 1.807) is 14.2 Å². The Morgan fingerprint density at radius 3 is 2.52 bits per heavy atom. The fourth-order valence-electron chi connectivity index (χ4n) is 3.63. The minimum atomic E-state index is 0. The van der Waals surface area contributed by atoms with Crippen LogP contribution in [0, 0.1) is 0 Å². The molecule has 7 nitrogen and oxygen atoms in total. The molecule has 2 heterocycles. The van der Waals surface area contributed by atoms with Gasteiger partial charge in [-0.05, 0) is 47.4 Å². The zero-order chi connectivity index (χ0) is 19.5. The highest BCUT2D eigenvalue weighted by molar-refractivity contribution is 14.0. The molecule has 0 saturated heterocycles. The highest BCUT2D eigenvalue weighted by Gasteiger charge is 2.22. The summed E-state index contributed by atoms with van der Waals surface area (Å²) in [7, 11) is 5.14. The molecule has 1 N–H and O–H groups in total. The average Bonchev–Trinajstić information content (AvgIpc) is 3.21. The molecule has 2 aliphatic rings. The van der Waals surface area contributed by atoms with Crippen LogP contribution in [0.1, 0.15) is 16.7 Å². The fraction of sp³-hybridized carbons (Fsp3) is 0.381. The van der Waals surface area contributed by atoms with Gasteiger partial charge in [-0.2, -0.15) is 0 Å². The summed E-state index contributed by atoms with van der Waals surface area (Å²) in [6.07, 6.45) is 0.931. The Morgan fingerprint density at radius 1 is 1.07 bits per heavy atom. The number of ether oxygens (including phenoxy) is 4. The molecule has 0 radical (unpaired) electrons. The van der Waals surface area contributed by atoms with Crippen LogP contribution in [0.5, 0.6) is 23.0 Å². The molecule has 2 aromatic carbocycles. The second kappa shape index (κ2) is 9.43. The molecule has 0 bridgehead atoms. The van der Waals surface area contributed by atoms with Crippen molar-refractivity contribution in [3.05, 3.63) is 47.0 Å². The largest absolute Gasteiger partial charge is 0.493 e. The number of hydrogen-bond acceptors (Lipinski definition) is 5. The lowest BCUT2D eigenvalue weighted by Crippen LogP contribution is -2.43. The number of nitrogens with one attached hydrogen (secondary N) is 1. The van der Waals surface area contributed by atoms with Crippen molar-refractivity contribution in [3.8, 4) is 23.0 Å². The Hall–Kier alpha value is -2.36. The molecular formula is C21H26IN3O4. The Balaban J connectivity index is 0.00000240. The van der Waals surface area contributed by atoms with Crippen LogP contribution in [0.4, 0.5) is 0 Å². The van der Waals surface area contributed by atoms with Crippen LogP contribution in [0.15, 0.2) is 35.3 Å². The topological polar surface area (TPSA) is 64.6 Å². The molecule has 2 aliphatic heterocycles. The lowest BCUT2D eigenvalue weighted by atomic mass is 9.99. The zero-order valence-electron chi connectivity index (χ0n) is 16.9. The van der Waals surface area contributed by atoms with E-state index < -0.39 is 0 Å². The summed E-state index contributed by atoms with van der Waals surface area (Å²) >= 11 is 0. The zero-order valence-corrected chi connectivity index (χ0v) is 19.2. The molecule has 0 unspecified atom stereocenters. The van der Waals surface area contributed by atoms with Crippen molar-refractivity contribution in [2.45, 2.75) is 19.5 Å². The average molecular weight is 511 g/mol. The summed E-state index contributed by atoms with van der Waals surface area (Å²) in [5.41, 5.74) is 3.64. The van der Waals surface area contributed by atoms with Crippen molar-refractivity contribution < 1.29 is 18.9 Å². The van der Waals surface area contributed by atoms with Crippen LogP contribution in [0.25, 0.3) is 0 Å². The van der Waals surface area contributed by atoms with Crippen LogP contribution in [0.2, 0.25) is 0 Å².